The van der Waals surface area contributed by atoms with E-state index in [2.05, 4.69) is 38.1 Å². The molecular weight excluding hydrogens is 188 g/mol. The molecule has 1 aromatic carbocycles. The van der Waals surface area contributed by atoms with E-state index in [9.17, 15) is 10.2 Å². The summed E-state index contributed by atoms with van der Waals surface area (Å²) in [5.74, 6) is 0.273. The fraction of sp³-hybridized carbons (Fsp3) is 0.538. The molecule has 2 N–H and O–H groups in total. The predicted molar refractivity (Wildman–Crippen MR) is 61.9 cm³/mol. The van der Waals surface area contributed by atoms with Crippen molar-refractivity contribution >= 4 is 0 Å². The minimum atomic E-state index is -0.655. The van der Waals surface area contributed by atoms with E-state index in [1.54, 1.807) is 6.92 Å². The van der Waals surface area contributed by atoms with Crippen molar-refractivity contribution in [2.45, 2.75) is 45.3 Å². The van der Waals surface area contributed by atoms with Crippen molar-refractivity contribution in [3.63, 3.8) is 0 Å². The second kappa shape index (κ2) is 5.29. The standard InChI is InChI=1S/C13H20O2/c1-9-4-6-12(7-5-9)10(2)8-13(15)11(3)14/h4-7,10-11,13-15H,8H2,1-3H3. The fourth-order valence-electron chi connectivity index (χ4n) is 1.59. The van der Waals surface area contributed by atoms with Gasteiger partial charge in [-0.2, -0.15) is 0 Å². The number of aliphatic hydroxyl groups excluding tert-OH is 2. The van der Waals surface area contributed by atoms with Crippen LogP contribution in [0.5, 0.6) is 0 Å². The number of benzene rings is 1. The summed E-state index contributed by atoms with van der Waals surface area (Å²) in [4.78, 5) is 0. The molecule has 0 aromatic heterocycles. The molecular formula is C13H20O2. The summed E-state index contributed by atoms with van der Waals surface area (Å²) in [6.07, 6.45) is -0.694. The van der Waals surface area contributed by atoms with Crippen molar-refractivity contribution < 1.29 is 10.2 Å². The molecule has 0 aliphatic heterocycles. The average molecular weight is 208 g/mol. The van der Waals surface area contributed by atoms with Crippen molar-refractivity contribution in [2.24, 2.45) is 0 Å². The molecule has 0 spiro atoms. The maximum absolute atomic E-state index is 9.56. The lowest BCUT2D eigenvalue weighted by Gasteiger charge is -2.18. The molecule has 15 heavy (non-hydrogen) atoms. The highest BCUT2D eigenvalue weighted by molar-refractivity contribution is 5.24. The molecule has 0 aliphatic carbocycles. The third kappa shape index (κ3) is 3.65. The van der Waals surface area contributed by atoms with Crippen LogP contribution in [0.2, 0.25) is 0 Å². The van der Waals surface area contributed by atoms with Gasteiger partial charge in [0.25, 0.3) is 0 Å². The normalized spacial score (nSPS) is 17.1. The summed E-state index contributed by atoms with van der Waals surface area (Å²) >= 11 is 0. The smallest absolute Gasteiger partial charge is 0.0802 e. The van der Waals surface area contributed by atoms with Gasteiger partial charge < -0.3 is 10.2 Å². The molecule has 2 heteroatoms. The van der Waals surface area contributed by atoms with E-state index >= 15 is 0 Å². The van der Waals surface area contributed by atoms with E-state index in [1.165, 1.54) is 11.1 Å². The molecule has 84 valence electrons. The van der Waals surface area contributed by atoms with Crippen molar-refractivity contribution in [2.75, 3.05) is 0 Å². The molecule has 2 nitrogen and oxygen atoms in total. The van der Waals surface area contributed by atoms with Gasteiger partial charge in [0.1, 0.15) is 0 Å². The quantitative estimate of drug-likeness (QED) is 0.796. The minimum absolute atomic E-state index is 0.273. The van der Waals surface area contributed by atoms with E-state index in [0.29, 0.717) is 6.42 Å². The third-order valence-electron chi connectivity index (χ3n) is 2.80. The largest absolute Gasteiger partial charge is 0.391 e. The Morgan fingerprint density at radius 2 is 1.60 bits per heavy atom. The molecule has 0 radical (unpaired) electrons. The van der Waals surface area contributed by atoms with Gasteiger partial charge in [0.15, 0.2) is 0 Å². The Balaban J connectivity index is 2.61. The summed E-state index contributed by atoms with van der Waals surface area (Å²) in [6.45, 7) is 5.74. The molecule has 0 fully saturated rings. The van der Waals surface area contributed by atoms with Crippen LogP contribution in [0.1, 0.15) is 37.3 Å². The number of rotatable bonds is 4. The van der Waals surface area contributed by atoms with Gasteiger partial charge in [-0.1, -0.05) is 36.8 Å². The van der Waals surface area contributed by atoms with Gasteiger partial charge in [0.05, 0.1) is 12.2 Å². The number of hydrogen-bond acceptors (Lipinski definition) is 2. The zero-order valence-electron chi connectivity index (χ0n) is 9.64. The van der Waals surface area contributed by atoms with Crippen LogP contribution in [-0.2, 0) is 0 Å². The lowest BCUT2D eigenvalue weighted by atomic mass is 9.93. The van der Waals surface area contributed by atoms with Crippen LogP contribution in [0.25, 0.3) is 0 Å². The zero-order chi connectivity index (χ0) is 11.4. The Kier molecular flexibility index (Phi) is 4.30. The first-order valence-electron chi connectivity index (χ1n) is 5.43. The maximum Gasteiger partial charge on any atom is 0.0802 e. The Morgan fingerprint density at radius 3 is 2.07 bits per heavy atom. The van der Waals surface area contributed by atoms with Crippen LogP contribution in [0.15, 0.2) is 24.3 Å². The van der Waals surface area contributed by atoms with E-state index in [1.807, 2.05) is 0 Å². The van der Waals surface area contributed by atoms with Gasteiger partial charge in [-0.05, 0) is 31.7 Å². The van der Waals surface area contributed by atoms with E-state index < -0.39 is 12.2 Å². The Bertz CT molecular complexity index is 290. The van der Waals surface area contributed by atoms with Crippen LogP contribution in [0.4, 0.5) is 0 Å². The Labute approximate surface area is 91.6 Å². The molecule has 0 aliphatic rings. The molecule has 1 aromatic rings. The highest BCUT2D eigenvalue weighted by Gasteiger charge is 2.15. The Hall–Kier alpha value is -0.860. The van der Waals surface area contributed by atoms with Gasteiger partial charge in [0, 0.05) is 0 Å². The average Bonchev–Trinajstić information content (AvgIpc) is 2.18. The molecule has 0 amide bonds. The van der Waals surface area contributed by atoms with Gasteiger partial charge in [0.2, 0.25) is 0 Å². The molecule has 3 atom stereocenters. The molecule has 1 rings (SSSR count). The number of hydrogen-bond donors (Lipinski definition) is 2. The predicted octanol–water partition coefficient (Wildman–Crippen LogP) is 2.23. The first-order chi connectivity index (χ1) is 7.00. The lowest BCUT2D eigenvalue weighted by Crippen LogP contribution is -2.24. The summed E-state index contributed by atoms with van der Waals surface area (Å²) in [5, 5.41) is 18.8. The molecule has 0 heterocycles. The number of aryl methyl sites for hydroxylation is 1. The molecule has 3 unspecified atom stereocenters. The van der Waals surface area contributed by atoms with Gasteiger partial charge in [-0.25, -0.2) is 0 Å². The second-order valence-corrected chi connectivity index (χ2v) is 4.36. The first kappa shape index (κ1) is 12.2. The van der Waals surface area contributed by atoms with Crippen molar-refractivity contribution in [1.82, 2.24) is 0 Å². The van der Waals surface area contributed by atoms with E-state index in [-0.39, 0.29) is 5.92 Å². The van der Waals surface area contributed by atoms with Gasteiger partial charge >= 0.3 is 0 Å². The summed E-state index contributed by atoms with van der Waals surface area (Å²) in [6, 6.07) is 8.30. The van der Waals surface area contributed by atoms with E-state index in [4.69, 9.17) is 0 Å². The zero-order valence-corrected chi connectivity index (χ0v) is 9.64. The van der Waals surface area contributed by atoms with Crippen LogP contribution >= 0.6 is 0 Å². The molecule has 0 bridgehead atoms. The van der Waals surface area contributed by atoms with Crippen molar-refractivity contribution in [3.8, 4) is 0 Å². The minimum Gasteiger partial charge on any atom is -0.391 e. The van der Waals surface area contributed by atoms with Gasteiger partial charge in [-0.15, -0.1) is 0 Å². The summed E-state index contributed by atoms with van der Waals surface area (Å²) in [7, 11) is 0. The number of aliphatic hydroxyl groups is 2. The van der Waals surface area contributed by atoms with Crippen LogP contribution in [0, 0.1) is 6.92 Å². The van der Waals surface area contributed by atoms with Crippen LogP contribution in [-0.4, -0.2) is 22.4 Å². The Morgan fingerprint density at radius 1 is 1.07 bits per heavy atom. The summed E-state index contributed by atoms with van der Waals surface area (Å²) in [5.41, 5.74) is 2.45. The monoisotopic (exact) mass is 208 g/mol. The molecule has 0 saturated heterocycles. The van der Waals surface area contributed by atoms with Crippen LogP contribution < -0.4 is 0 Å². The summed E-state index contributed by atoms with van der Waals surface area (Å²) < 4.78 is 0. The lowest BCUT2D eigenvalue weighted by molar-refractivity contribution is 0.0227. The topological polar surface area (TPSA) is 40.5 Å². The highest BCUT2D eigenvalue weighted by Crippen LogP contribution is 2.21. The second-order valence-electron chi connectivity index (χ2n) is 4.36. The fourth-order valence-corrected chi connectivity index (χ4v) is 1.59. The van der Waals surface area contributed by atoms with Crippen molar-refractivity contribution in [1.29, 1.82) is 0 Å². The first-order valence-corrected chi connectivity index (χ1v) is 5.43. The van der Waals surface area contributed by atoms with Crippen LogP contribution in [0.3, 0.4) is 0 Å². The SMILES string of the molecule is Cc1ccc(C(C)CC(O)C(C)O)cc1. The van der Waals surface area contributed by atoms with Gasteiger partial charge in [-0.3, -0.25) is 0 Å². The maximum atomic E-state index is 9.56. The molecule has 0 saturated carbocycles. The highest BCUT2D eigenvalue weighted by atomic mass is 16.3. The van der Waals surface area contributed by atoms with Crippen molar-refractivity contribution in [3.05, 3.63) is 35.4 Å². The third-order valence-corrected chi connectivity index (χ3v) is 2.80. The van der Waals surface area contributed by atoms with E-state index in [0.717, 1.165) is 0 Å².